The SMILES string of the molecule is C=CCN(C(=O)CC1COCCN1)C1CCCC1. The van der Waals surface area contributed by atoms with Crippen molar-refractivity contribution in [1.29, 1.82) is 0 Å². The van der Waals surface area contributed by atoms with Gasteiger partial charge in [0.25, 0.3) is 0 Å². The van der Waals surface area contributed by atoms with E-state index in [1.54, 1.807) is 0 Å². The van der Waals surface area contributed by atoms with Crippen molar-refractivity contribution in [3.8, 4) is 0 Å². The average molecular weight is 252 g/mol. The van der Waals surface area contributed by atoms with E-state index in [0.717, 1.165) is 26.0 Å². The maximum Gasteiger partial charge on any atom is 0.224 e. The average Bonchev–Trinajstić information content (AvgIpc) is 2.90. The highest BCUT2D eigenvalue weighted by atomic mass is 16.5. The van der Waals surface area contributed by atoms with Crippen molar-refractivity contribution in [3.63, 3.8) is 0 Å². The van der Waals surface area contributed by atoms with Gasteiger partial charge in [0.05, 0.1) is 13.2 Å². The van der Waals surface area contributed by atoms with E-state index in [0.29, 0.717) is 25.6 Å². The fourth-order valence-corrected chi connectivity index (χ4v) is 2.89. The summed E-state index contributed by atoms with van der Waals surface area (Å²) in [5.74, 6) is 0.241. The lowest BCUT2D eigenvalue weighted by Crippen LogP contribution is -2.47. The molecule has 0 aromatic heterocycles. The third kappa shape index (κ3) is 3.56. The van der Waals surface area contributed by atoms with E-state index in [1.807, 2.05) is 11.0 Å². The van der Waals surface area contributed by atoms with E-state index in [9.17, 15) is 4.79 Å². The number of hydrogen-bond acceptors (Lipinski definition) is 3. The molecule has 1 heterocycles. The van der Waals surface area contributed by atoms with E-state index >= 15 is 0 Å². The molecule has 1 N–H and O–H groups in total. The van der Waals surface area contributed by atoms with Crippen LogP contribution in [0, 0.1) is 0 Å². The molecule has 4 nitrogen and oxygen atoms in total. The number of rotatable bonds is 5. The number of nitrogens with zero attached hydrogens (tertiary/aromatic N) is 1. The first-order chi connectivity index (χ1) is 8.81. The van der Waals surface area contributed by atoms with Crippen molar-refractivity contribution in [2.24, 2.45) is 0 Å². The molecule has 1 amide bonds. The van der Waals surface area contributed by atoms with Crippen molar-refractivity contribution < 1.29 is 9.53 Å². The van der Waals surface area contributed by atoms with Gasteiger partial charge in [-0.3, -0.25) is 4.79 Å². The first-order valence-electron chi connectivity index (χ1n) is 7.02. The highest BCUT2D eigenvalue weighted by Gasteiger charge is 2.27. The largest absolute Gasteiger partial charge is 0.378 e. The van der Waals surface area contributed by atoms with Gasteiger partial charge in [-0.2, -0.15) is 0 Å². The predicted molar refractivity (Wildman–Crippen MR) is 71.4 cm³/mol. The highest BCUT2D eigenvalue weighted by molar-refractivity contribution is 5.77. The molecule has 2 aliphatic rings. The van der Waals surface area contributed by atoms with Gasteiger partial charge in [0.2, 0.25) is 5.91 Å². The Morgan fingerprint density at radius 3 is 2.83 bits per heavy atom. The maximum absolute atomic E-state index is 12.4. The van der Waals surface area contributed by atoms with Crippen LogP contribution in [0.3, 0.4) is 0 Å². The zero-order valence-corrected chi connectivity index (χ0v) is 11.1. The Hall–Kier alpha value is -0.870. The summed E-state index contributed by atoms with van der Waals surface area (Å²) in [6, 6.07) is 0.611. The molecular formula is C14H24N2O2. The molecule has 102 valence electrons. The van der Waals surface area contributed by atoms with Crippen molar-refractivity contribution in [1.82, 2.24) is 10.2 Å². The van der Waals surface area contributed by atoms with Crippen LogP contribution >= 0.6 is 0 Å². The first kappa shape index (κ1) is 13.6. The van der Waals surface area contributed by atoms with E-state index in [2.05, 4.69) is 11.9 Å². The molecular weight excluding hydrogens is 228 g/mol. The van der Waals surface area contributed by atoms with Crippen LogP contribution in [-0.2, 0) is 9.53 Å². The summed E-state index contributed by atoms with van der Waals surface area (Å²) in [6.07, 6.45) is 7.17. The summed E-state index contributed by atoms with van der Waals surface area (Å²) in [5.41, 5.74) is 0. The monoisotopic (exact) mass is 252 g/mol. The molecule has 1 aliphatic carbocycles. The fraction of sp³-hybridized carbons (Fsp3) is 0.786. The topological polar surface area (TPSA) is 41.6 Å². The third-order valence-corrected chi connectivity index (χ3v) is 3.83. The van der Waals surface area contributed by atoms with Crippen LogP contribution in [0.2, 0.25) is 0 Å². The summed E-state index contributed by atoms with van der Waals surface area (Å²) < 4.78 is 5.39. The fourth-order valence-electron chi connectivity index (χ4n) is 2.89. The summed E-state index contributed by atoms with van der Waals surface area (Å²) in [5, 5.41) is 3.34. The maximum atomic E-state index is 12.4. The molecule has 0 bridgehead atoms. The third-order valence-electron chi connectivity index (χ3n) is 3.83. The molecule has 18 heavy (non-hydrogen) atoms. The van der Waals surface area contributed by atoms with Crippen LogP contribution in [0.1, 0.15) is 32.1 Å². The number of amides is 1. The Morgan fingerprint density at radius 2 is 2.22 bits per heavy atom. The molecule has 1 unspecified atom stereocenters. The number of carbonyl (C=O) groups excluding carboxylic acids is 1. The number of nitrogens with one attached hydrogen (secondary N) is 1. The van der Waals surface area contributed by atoms with Gasteiger partial charge in [-0.05, 0) is 12.8 Å². The minimum absolute atomic E-state index is 0.181. The second-order valence-corrected chi connectivity index (χ2v) is 5.20. The number of morpholine rings is 1. The van der Waals surface area contributed by atoms with Crippen LogP contribution < -0.4 is 5.32 Å². The lowest BCUT2D eigenvalue weighted by molar-refractivity contribution is -0.134. The van der Waals surface area contributed by atoms with E-state index in [-0.39, 0.29) is 11.9 Å². The zero-order chi connectivity index (χ0) is 12.8. The summed E-state index contributed by atoms with van der Waals surface area (Å²) in [6.45, 7) is 6.70. The molecule has 4 heteroatoms. The summed E-state index contributed by atoms with van der Waals surface area (Å²) in [4.78, 5) is 14.4. The lowest BCUT2D eigenvalue weighted by atomic mass is 10.1. The van der Waals surface area contributed by atoms with Gasteiger partial charge in [0, 0.05) is 31.6 Å². The van der Waals surface area contributed by atoms with Crippen molar-refractivity contribution in [2.45, 2.75) is 44.2 Å². The zero-order valence-electron chi connectivity index (χ0n) is 11.1. The highest BCUT2D eigenvalue weighted by Crippen LogP contribution is 2.24. The van der Waals surface area contributed by atoms with Gasteiger partial charge < -0.3 is 15.0 Å². The van der Waals surface area contributed by atoms with Crippen LogP contribution in [-0.4, -0.2) is 49.2 Å². The van der Waals surface area contributed by atoms with Crippen LogP contribution in [0.4, 0.5) is 0 Å². The molecule has 1 saturated heterocycles. The predicted octanol–water partition coefficient (Wildman–Crippen LogP) is 1.32. The Balaban J connectivity index is 1.87. The van der Waals surface area contributed by atoms with Crippen molar-refractivity contribution in [3.05, 3.63) is 12.7 Å². The van der Waals surface area contributed by atoms with Crippen LogP contribution in [0.25, 0.3) is 0 Å². The van der Waals surface area contributed by atoms with Crippen LogP contribution in [0.15, 0.2) is 12.7 Å². The molecule has 1 aliphatic heterocycles. The molecule has 1 saturated carbocycles. The van der Waals surface area contributed by atoms with Gasteiger partial charge in [0.1, 0.15) is 0 Å². The van der Waals surface area contributed by atoms with Gasteiger partial charge >= 0.3 is 0 Å². The number of ether oxygens (including phenoxy) is 1. The van der Waals surface area contributed by atoms with E-state index in [4.69, 9.17) is 4.74 Å². The Bertz CT molecular complexity index is 282. The Morgan fingerprint density at radius 1 is 1.44 bits per heavy atom. The molecule has 0 spiro atoms. The van der Waals surface area contributed by atoms with E-state index in [1.165, 1.54) is 12.8 Å². The minimum atomic E-state index is 0.181. The quantitative estimate of drug-likeness (QED) is 0.750. The van der Waals surface area contributed by atoms with Gasteiger partial charge in [-0.15, -0.1) is 6.58 Å². The lowest BCUT2D eigenvalue weighted by Gasteiger charge is -2.31. The van der Waals surface area contributed by atoms with Crippen molar-refractivity contribution >= 4 is 5.91 Å². The molecule has 0 radical (unpaired) electrons. The minimum Gasteiger partial charge on any atom is -0.378 e. The number of carbonyl (C=O) groups is 1. The summed E-state index contributed by atoms with van der Waals surface area (Å²) in [7, 11) is 0. The van der Waals surface area contributed by atoms with Gasteiger partial charge in [-0.1, -0.05) is 18.9 Å². The molecule has 2 rings (SSSR count). The molecule has 0 aromatic rings. The summed E-state index contributed by atoms with van der Waals surface area (Å²) >= 11 is 0. The molecule has 2 fully saturated rings. The smallest absolute Gasteiger partial charge is 0.224 e. The Kier molecular flexibility index (Phi) is 5.20. The van der Waals surface area contributed by atoms with Crippen LogP contribution in [0.5, 0.6) is 0 Å². The standard InChI is InChI=1S/C14H24N2O2/c1-2-8-16(13-5-3-4-6-13)14(17)10-12-11-18-9-7-15-12/h2,12-13,15H,1,3-11H2. The molecule has 0 aromatic carbocycles. The Labute approximate surface area is 109 Å². The van der Waals surface area contributed by atoms with Crippen molar-refractivity contribution in [2.75, 3.05) is 26.3 Å². The first-order valence-corrected chi connectivity index (χ1v) is 7.02. The molecule has 1 atom stereocenters. The van der Waals surface area contributed by atoms with Gasteiger partial charge in [0.15, 0.2) is 0 Å². The van der Waals surface area contributed by atoms with E-state index < -0.39 is 0 Å². The van der Waals surface area contributed by atoms with Gasteiger partial charge in [-0.25, -0.2) is 0 Å². The second kappa shape index (κ2) is 6.90. The second-order valence-electron chi connectivity index (χ2n) is 5.20. The normalized spacial score (nSPS) is 25.0. The number of hydrogen-bond donors (Lipinski definition) is 1.